The van der Waals surface area contributed by atoms with Crippen LogP contribution in [-0.2, 0) is 0 Å². The normalized spacial score (nSPS) is 10.8. The first-order valence-electron chi connectivity index (χ1n) is 7.18. The first kappa shape index (κ1) is 15.4. The standard InChI is InChI=1S/C18H13N3O3/c22-16-9-6-13(7-10-16)17-12-15(21(23)24)8-11-18(17)20-19-14-4-2-1-3-5-14/h1-12,22H. The molecule has 0 spiro atoms. The third-order valence-corrected chi connectivity index (χ3v) is 3.40. The molecule has 6 nitrogen and oxygen atoms in total. The van der Waals surface area contributed by atoms with Gasteiger partial charge in [-0.25, -0.2) is 0 Å². The van der Waals surface area contributed by atoms with Crippen molar-refractivity contribution in [2.24, 2.45) is 10.2 Å². The molecule has 0 heterocycles. The van der Waals surface area contributed by atoms with Crippen molar-refractivity contribution in [1.29, 1.82) is 0 Å². The molecule has 0 bridgehead atoms. The van der Waals surface area contributed by atoms with Crippen LogP contribution in [0.3, 0.4) is 0 Å². The molecule has 0 atom stereocenters. The highest BCUT2D eigenvalue weighted by atomic mass is 16.6. The number of hydrogen-bond acceptors (Lipinski definition) is 5. The Morgan fingerprint density at radius 2 is 1.58 bits per heavy atom. The van der Waals surface area contributed by atoms with Crippen molar-refractivity contribution in [1.82, 2.24) is 0 Å². The van der Waals surface area contributed by atoms with Crippen molar-refractivity contribution in [2.75, 3.05) is 0 Å². The lowest BCUT2D eigenvalue weighted by Crippen LogP contribution is -1.88. The molecule has 0 aliphatic carbocycles. The van der Waals surface area contributed by atoms with E-state index in [0.29, 0.717) is 22.5 Å². The van der Waals surface area contributed by atoms with Gasteiger partial charge in [0.1, 0.15) is 5.75 Å². The summed E-state index contributed by atoms with van der Waals surface area (Å²) in [5.74, 6) is 0.122. The predicted octanol–water partition coefficient (Wildman–Crippen LogP) is 5.38. The van der Waals surface area contributed by atoms with Crippen LogP contribution in [0.15, 0.2) is 83.0 Å². The highest BCUT2D eigenvalue weighted by Gasteiger charge is 2.12. The maximum atomic E-state index is 11.0. The van der Waals surface area contributed by atoms with Crippen LogP contribution in [0, 0.1) is 10.1 Å². The van der Waals surface area contributed by atoms with Crippen LogP contribution in [-0.4, -0.2) is 10.0 Å². The van der Waals surface area contributed by atoms with E-state index in [-0.39, 0.29) is 11.4 Å². The summed E-state index contributed by atoms with van der Waals surface area (Å²) >= 11 is 0. The van der Waals surface area contributed by atoms with E-state index < -0.39 is 4.92 Å². The lowest BCUT2D eigenvalue weighted by Gasteiger charge is -2.06. The number of phenolic OH excluding ortho intramolecular Hbond substituents is 1. The Morgan fingerprint density at radius 3 is 2.25 bits per heavy atom. The van der Waals surface area contributed by atoms with Gasteiger partial charge in [-0.1, -0.05) is 30.3 Å². The number of rotatable bonds is 4. The summed E-state index contributed by atoms with van der Waals surface area (Å²) in [5, 5.41) is 28.8. The smallest absolute Gasteiger partial charge is 0.270 e. The van der Waals surface area contributed by atoms with Gasteiger partial charge in [-0.05, 0) is 35.9 Å². The van der Waals surface area contributed by atoms with Gasteiger partial charge >= 0.3 is 0 Å². The summed E-state index contributed by atoms with van der Waals surface area (Å²) in [7, 11) is 0. The Bertz CT molecular complexity index is 891. The Balaban J connectivity index is 2.06. The monoisotopic (exact) mass is 319 g/mol. The maximum absolute atomic E-state index is 11.0. The number of nitro benzene ring substituents is 1. The van der Waals surface area contributed by atoms with E-state index in [1.807, 2.05) is 30.3 Å². The lowest BCUT2D eigenvalue weighted by atomic mass is 10.0. The number of aromatic hydroxyl groups is 1. The fraction of sp³-hybridized carbons (Fsp3) is 0. The topological polar surface area (TPSA) is 88.1 Å². The first-order valence-corrected chi connectivity index (χ1v) is 7.18. The Hall–Kier alpha value is -3.54. The molecule has 0 aromatic heterocycles. The highest BCUT2D eigenvalue weighted by molar-refractivity contribution is 5.78. The Kier molecular flexibility index (Phi) is 4.29. The number of hydrogen-bond donors (Lipinski definition) is 1. The first-order chi connectivity index (χ1) is 11.6. The number of phenols is 1. The van der Waals surface area contributed by atoms with Gasteiger partial charge in [0, 0.05) is 17.7 Å². The summed E-state index contributed by atoms with van der Waals surface area (Å²) in [6, 6.07) is 20.0. The zero-order valence-corrected chi connectivity index (χ0v) is 12.5. The molecule has 1 N–H and O–H groups in total. The van der Waals surface area contributed by atoms with Crippen LogP contribution in [0.4, 0.5) is 17.1 Å². The second-order valence-electron chi connectivity index (χ2n) is 5.04. The molecule has 0 saturated carbocycles. The number of nitrogens with zero attached hydrogens (tertiary/aromatic N) is 3. The average molecular weight is 319 g/mol. The van der Waals surface area contributed by atoms with E-state index in [4.69, 9.17) is 0 Å². The molecule has 0 radical (unpaired) electrons. The Labute approximate surface area is 137 Å². The molecule has 0 saturated heterocycles. The molecule has 3 rings (SSSR count). The molecule has 3 aromatic carbocycles. The van der Waals surface area contributed by atoms with E-state index in [1.54, 1.807) is 18.2 Å². The van der Waals surface area contributed by atoms with Gasteiger partial charge in [0.2, 0.25) is 0 Å². The minimum absolute atomic E-state index is 0.0308. The zero-order chi connectivity index (χ0) is 16.9. The van der Waals surface area contributed by atoms with Gasteiger partial charge in [-0.2, -0.15) is 5.11 Å². The van der Waals surface area contributed by atoms with Crippen molar-refractivity contribution in [3.05, 3.63) is 82.9 Å². The van der Waals surface area contributed by atoms with E-state index in [1.165, 1.54) is 24.3 Å². The quantitative estimate of drug-likeness (QED) is 0.397. The van der Waals surface area contributed by atoms with Gasteiger partial charge in [0.25, 0.3) is 5.69 Å². The summed E-state index contributed by atoms with van der Waals surface area (Å²) in [6.07, 6.45) is 0. The van der Waals surface area contributed by atoms with Crippen molar-refractivity contribution >= 4 is 17.1 Å². The molecule has 0 amide bonds. The molecule has 24 heavy (non-hydrogen) atoms. The molecular weight excluding hydrogens is 306 g/mol. The SMILES string of the molecule is O=[N+]([O-])c1ccc(N=Nc2ccccc2)c(-c2ccc(O)cc2)c1. The zero-order valence-electron chi connectivity index (χ0n) is 12.5. The second-order valence-corrected chi connectivity index (χ2v) is 5.04. The number of azo groups is 1. The van der Waals surface area contributed by atoms with Crippen molar-refractivity contribution in [2.45, 2.75) is 0 Å². The van der Waals surface area contributed by atoms with Crippen LogP contribution in [0.1, 0.15) is 0 Å². The molecular formula is C18H13N3O3. The molecule has 0 fully saturated rings. The molecule has 118 valence electrons. The van der Waals surface area contributed by atoms with Crippen LogP contribution in [0.2, 0.25) is 0 Å². The van der Waals surface area contributed by atoms with E-state index in [9.17, 15) is 15.2 Å². The van der Waals surface area contributed by atoms with Crippen molar-refractivity contribution < 1.29 is 10.0 Å². The van der Waals surface area contributed by atoms with Gasteiger partial charge in [0.05, 0.1) is 16.3 Å². The largest absolute Gasteiger partial charge is 0.508 e. The molecule has 6 heteroatoms. The second kappa shape index (κ2) is 6.70. The summed E-state index contributed by atoms with van der Waals surface area (Å²) < 4.78 is 0. The summed E-state index contributed by atoms with van der Waals surface area (Å²) in [4.78, 5) is 10.6. The Morgan fingerprint density at radius 1 is 0.875 bits per heavy atom. The van der Waals surface area contributed by atoms with E-state index >= 15 is 0 Å². The summed E-state index contributed by atoms with van der Waals surface area (Å²) in [5.41, 5.74) is 2.45. The van der Waals surface area contributed by atoms with Gasteiger partial charge in [-0.3, -0.25) is 10.1 Å². The van der Waals surface area contributed by atoms with Crippen LogP contribution in [0.5, 0.6) is 5.75 Å². The fourth-order valence-corrected chi connectivity index (χ4v) is 2.20. The average Bonchev–Trinajstić information content (AvgIpc) is 2.61. The van der Waals surface area contributed by atoms with Gasteiger partial charge in [0.15, 0.2) is 0 Å². The van der Waals surface area contributed by atoms with Crippen molar-refractivity contribution in [3.63, 3.8) is 0 Å². The van der Waals surface area contributed by atoms with Gasteiger partial charge in [-0.15, -0.1) is 5.11 Å². The van der Waals surface area contributed by atoms with Crippen LogP contribution in [0.25, 0.3) is 11.1 Å². The highest BCUT2D eigenvalue weighted by Crippen LogP contribution is 2.35. The van der Waals surface area contributed by atoms with Gasteiger partial charge < -0.3 is 5.11 Å². The van der Waals surface area contributed by atoms with Crippen LogP contribution >= 0.6 is 0 Å². The maximum Gasteiger partial charge on any atom is 0.270 e. The molecule has 0 aliphatic rings. The lowest BCUT2D eigenvalue weighted by molar-refractivity contribution is -0.384. The predicted molar refractivity (Wildman–Crippen MR) is 90.8 cm³/mol. The molecule has 0 unspecified atom stereocenters. The number of non-ortho nitro benzene ring substituents is 1. The third kappa shape index (κ3) is 3.44. The summed E-state index contributed by atoms with van der Waals surface area (Å²) in [6.45, 7) is 0. The molecule has 0 aliphatic heterocycles. The number of benzene rings is 3. The third-order valence-electron chi connectivity index (χ3n) is 3.40. The minimum atomic E-state index is -0.456. The van der Waals surface area contributed by atoms with Crippen molar-refractivity contribution in [3.8, 4) is 16.9 Å². The van der Waals surface area contributed by atoms with E-state index in [2.05, 4.69) is 10.2 Å². The number of nitro groups is 1. The molecule has 3 aromatic rings. The minimum Gasteiger partial charge on any atom is -0.508 e. The van der Waals surface area contributed by atoms with E-state index in [0.717, 1.165) is 0 Å². The van der Waals surface area contributed by atoms with Crippen LogP contribution < -0.4 is 0 Å². The fourth-order valence-electron chi connectivity index (χ4n) is 2.20.